The monoisotopic (exact) mass is 222 g/mol. The Morgan fingerprint density at radius 3 is 2.62 bits per heavy atom. The average Bonchev–Trinajstić information content (AvgIpc) is 2.28. The Kier molecular flexibility index (Phi) is 4.12. The van der Waals surface area contributed by atoms with Gasteiger partial charge in [-0.2, -0.15) is 0 Å². The highest BCUT2D eigenvalue weighted by molar-refractivity contribution is 5.23. The van der Waals surface area contributed by atoms with Crippen LogP contribution in [-0.2, 0) is 0 Å². The van der Waals surface area contributed by atoms with Crippen molar-refractivity contribution in [3.05, 3.63) is 36.0 Å². The molecular weight excluding hydrogens is 199 g/mol. The minimum absolute atomic E-state index is 0.131. The van der Waals surface area contributed by atoms with Gasteiger partial charge in [0.15, 0.2) is 0 Å². The fourth-order valence-electron chi connectivity index (χ4n) is 2.64. The van der Waals surface area contributed by atoms with E-state index in [1.807, 2.05) is 13.0 Å². The summed E-state index contributed by atoms with van der Waals surface area (Å²) in [7, 11) is 0. The van der Waals surface area contributed by atoms with E-state index in [1.54, 1.807) is 0 Å². The number of hydrogen-bond donors (Lipinski definition) is 0. The molecule has 0 nitrogen and oxygen atoms in total. The molecule has 0 radical (unpaired) electrons. The van der Waals surface area contributed by atoms with Crippen molar-refractivity contribution in [1.82, 2.24) is 0 Å². The number of alkyl halides is 1. The van der Waals surface area contributed by atoms with E-state index >= 15 is 0 Å². The number of rotatable bonds is 3. The lowest BCUT2D eigenvalue weighted by Crippen LogP contribution is -2.30. The second-order valence-corrected chi connectivity index (χ2v) is 5.33. The van der Waals surface area contributed by atoms with Gasteiger partial charge in [0, 0.05) is 0 Å². The van der Waals surface area contributed by atoms with Crippen LogP contribution in [-0.4, -0.2) is 6.67 Å². The second-order valence-electron chi connectivity index (χ2n) is 5.33. The fourth-order valence-corrected chi connectivity index (χ4v) is 2.64. The van der Waals surface area contributed by atoms with E-state index < -0.39 is 0 Å². The van der Waals surface area contributed by atoms with Crippen LogP contribution < -0.4 is 0 Å². The van der Waals surface area contributed by atoms with E-state index in [0.29, 0.717) is 5.92 Å². The Morgan fingerprint density at radius 1 is 1.56 bits per heavy atom. The van der Waals surface area contributed by atoms with Crippen molar-refractivity contribution >= 4 is 0 Å². The van der Waals surface area contributed by atoms with Crippen LogP contribution >= 0.6 is 0 Å². The van der Waals surface area contributed by atoms with E-state index in [9.17, 15) is 4.39 Å². The predicted octanol–water partition coefficient (Wildman–Crippen LogP) is 4.84. The third-order valence-electron chi connectivity index (χ3n) is 4.08. The summed E-state index contributed by atoms with van der Waals surface area (Å²) in [5.74, 6) is 0.412. The van der Waals surface area contributed by atoms with Crippen molar-refractivity contribution < 1.29 is 4.39 Å². The average molecular weight is 222 g/mol. The third kappa shape index (κ3) is 2.45. The van der Waals surface area contributed by atoms with Gasteiger partial charge in [-0.15, -0.1) is 6.58 Å². The predicted molar refractivity (Wildman–Crippen MR) is 69.1 cm³/mol. The van der Waals surface area contributed by atoms with Gasteiger partial charge in [-0.05, 0) is 50.0 Å². The first-order chi connectivity index (χ1) is 7.44. The molecule has 1 heteroatoms. The quantitative estimate of drug-likeness (QED) is 0.599. The smallest absolute Gasteiger partial charge is 0.111 e. The Balaban J connectivity index is 2.98. The third-order valence-corrected chi connectivity index (χ3v) is 4.08. The molecule has 0 bridgehead atoms. The molecule has 1 saturated carbocycles. The summed E-state index contributed by atoms with van der Waals surface area (Å²) in [6, 6.07) is 0. The van der Waals surface area contributed by atoms with Gasteiger partial charge in [0.05, 0.1) is 0 Å². The summed E-state index contributed by atoms with van der Waals surface area (Å²) < 4.78 is 12.7. The van der Waals surface area contributed by atoms with Crippen molar-refractivity contribution in [1.29, 1.82) is 0 Å². The van der Waals surface area contributed by atoms with E-state index in [1.165, 1.54) is 11.1 Å². The Bertz CT molecular complexity index is 324. The van der Waals surface area contributed by atoms with Crippen molar-refractivity contribution in [3.8, 4) is 0 Å². The van der Waals surface area contributed by atoms with Crippen LogP contribution in [0.5, 0.6) is 0 Å². The lowest BCUT2D eigenvalue weighted by Gasteiger charge is -2.41. The summed E-state index contributed by atoms with van der Waals surface area (Å²) in [6.07, 6.45) is 5.06. The summed E-state index contributed by atoms with van der Waals surface area (Å²) in [4.78, 5) is 0. The summed E-state index contributed by atoms with van der Waals surface area (Å²) in [5, 5.41) is 0. The molecule has 0 aromatic heterocycles. The van der Waals surface area contributed by atoms with Gasteiger partial charge in [0.2, 0.25) is 0 Å². The largest absolute Gasteiger partial charge is 0.246 e. The molecule has 0 aliphatic heterocycles. The first kappa shape index (κ1) is 13.2. The molecule has 0 spiro atoms. The highest BCUT2D eigenvalue weighted by atomic mass is 19.1. The summed E-state index contributed by atoms with van der Waals surface area (Å²) >= 11 is 0. The van der Waals surface area contributed by atoms with Gasteiger partial charge in [-0.3, -0.25) is 0 Å². The molecule has 0 amide bonds. The zero-order valence-electron chi connectivity index (χ0n) is 10.8. The van der Waals surface area contributed by atoms with Crippen LogP contribution in [0.3, 0.4) is 0 Å². The topological polar surface area (TPSA) is 0 Å². The molecule has 2 atom stereocenters. The molecule has 0 aromatic rings. The standard InChI is InChI=1S/C15H23F/c1-6-15(5)8-7-13(12(4)10-16)9-14(15)11(2)3/h6,14H,1-2,7-10H2,3-5H3/b13-12+/t14-,15+/m0/s1. The molecule has 1 aliphatic rings. The molecular formula is C15H23F. The number of allylic oxidation sites excluding steroid dienone is 4. The maximum atomic E-state index is 12.7. The molecule has 0 unspecified atom stereocenters. The summed E-state index contributed by atoms with van der Waals surface area (Å²) in [5.41, 5.74) is 3.52. The van der Waals surface area contributed by atoms with E-state index in [-0.39, 0.29) is 12.1 Å². The van der Waals surface area contributed by atoms with Crippen LogP contribution in [0.4, 0.5) is 4.39 Å². The highest BCUT2D eigenvalue weighted by Gasteiger charge is 2.36. The lowest BCUT2D eigenvalue weighted by molar-refractivity contribution is 0.238. The molecule has 0 heterocycles. The van der Waals surface area contributed by atoms with Gasteiger partial charge in [0.1, 0.15) is 6.67 Å². The zero-order chi connectivity index (χ0) is 12.3. The Hall–Kier alpha value is -0.850. The van der Waals surface area contributed by atoms with Crippen molar-refractivity contribution in [3.63, 3.8) is 0 Å². The van der Waals surface area contributed by atoms with Crippen LogP contribution in [0.1, 0.15) is 40.0 Å². The Labute approximate surface area is 98.9 Å². The van der Waals surface area contributed by atoms with Gasteiger partial charge < -0.3 is 0 Å². The molecule has 0 aromatic carbocycles. The van der Waals surface area contributed by atoms with Crippen molar-refractivity contribution in [2.24, 2.45) is 11.3 Å². The first-order valence-electron chi connectivity index (χ1n) is 5.97. The highest BCUT2D eigenvalue weighted by Crippen LogP contribution is 2.47. The molecule has 0 N–H and O–H groups in total. The van der Waals surface area contributed by atoms with Gasteiger partial charge in [0.25, 0.3) is 0 Å². The minimum Gasteiger partial charge on any atom is -0.246 e. The first-order valence-corrected chi connectivity index (χ1v) is 5.97. The Morgan fingerprint density at radius 2 is 2.19 bits per heavy atom. The van der Waals surface area contributed by atoms with Gasteiger partial charge >= 0.3 is 0 Å². The molecule has 1 aliphatic carbocycles. The van der Waals surface area contributed by atoms with Crippen molar-refractivity contribution in [2.75, 3.05) is 6.67 Å². The maximum absolute atomic E-state index is 12.7. The van der Waals surface area contributed by atoms with Crippen LogP contribution in [0.25, 0.3) is 0 Å². The molecule has 1 rings (SSSR count). The fraction of sp³-hybridized carbons (Fsp3) is 0.600. The van der Waals surface area contributed by atoms with Gasteiger partial charge in [-0.1, -0.05) is 30.7 Å². The second kappa shape index (κ2) is 4.99. The van der Waals surface area contributed by atoms with Crippen molar-refractivity contribution in [2.45, 2.75) is 40.0 Å². The minimum atomic E-state index is -0.316. The molecule has 16 heavy (non-hydrogen) atoms. The molecule has 0 saturated heterocycles. The van der Waals surface area contributed by atoms with E-state index in [0.717, 1.165) is 24.8 Å². The van der Waals surface area contributed by atoms with Crippen LogP contribution in [0.15, 0.2) is 36.0 Å². The molecule has 90 valence electrons. The zero-order valence-corrected chi connectivity index (χ0v) is 10.8. The van der Waals surface area contributed by atoms with E-state index in [2.05, 4.69) is 27.0 Å². The normalized spacial score (nSPS) is 33.4. The van der Waals surface area contributed by atoms with Gasteiger partial charge in [-0.25, -0.2) is 4.39 Å². The maximum Gasteiger partial charge on any atom is 0.111 e. The SMILES string of the molecule is C=C[C@]1(C)CC/C(=C(/C)CF)C[C@H]1C(=C)C. The van der Waals surface area contributed by atoms with Crippen LogP contribution in [0, 0.1) is 11.3 Å². The number of hydrogen-bond acceptors (Lipinski definition) is 0. The van der Waals surface area contributed by atoms with E-state index in [4.69, 9.17) is 0 Å². The number of halogens is 1. The van der Waals surface area contributed by atoms with Crippen LogP contribution in [0.2, 0.25) is 0 Å². The molecule has 1 fully saturated rings. The lowest BCUT2D eigenvalue weighted by atomic mass is 9.63. The summed E-state index contributed by atoms with van der Waals surface area (Å²) in [6.45, 7) is 13.9.